The summed E-state index contributed by atoms with van der Waals surface area (Å²) in [5.41, 5.74) is 12.0. The average molecular weight is 609 g/mol. The lowest BCUT2D eigenvalue weighted by molar-refractivity contribution is -0.139. The van der Waals surface area contributed by atoms with E-state index in [9.17, 15) is 23.1 Å². The van der Waals surface area contributed by atoms with Crippen molar-refractivity contribution in [2.75, 3.05) is 20.3 Å². The van der Waals surface area contributed by atoms with Crippen molar-refractivity contribution >= 4 is 28.0 Å². The number of carboxylic acid groups (broad SMARTS) is 1. The number of carboxylic acids is 1. The highest BCUT2D eigenvalue weighted by molar-refractivity contribution is 7.90. The Bertz CT molecular complexity index is 1630. The van der Waals surface area contributed by atoms with Gasteiger partial charge in [0.15, 0.2) is 0 Å². The van der Waals surface area contributed by atoms with Gasteiger partial charge in [0, 0.05) is 12.5 Å². The predicted octanol–water partition coefficient (Wildman–Crippen LogP) is 3.99. The minimum Gasteiger partial charge on any atom is -0.496 e. The van der Waals surface area contributed by atoms with E-state index in [1.807, 2.05) is 48.5 Å². The molecular weight excluding hydrogens is 572 g/mol. The largest absolute Gasteiger partial charge is 0.496 e. The summed E-state index contributed by atoms with van der Waals surface area (Å²) in [5, 5.41) is 12.0. The molecule has 4 rings (SSSR count). The maximum Gasteiger partial charge on any atom is 0.407 e. The molecule has 1 aliphatic carbocycles. The summed E-state index contributed by atoms with van der Waals surface area (Å²) >= 11 is 0. The number of benzene rings is 3. The van der Waals surface area contributed by atoms with Crippen LogP contribution in [0.4, 0.5) is 4.79 Å². The van der Waals surface area contributed by atoms with E-state index in [2.05, 4.69) is 15.0 Å². The van der Waals surface area contributed by atoms with Crippen molar-refractivity contribution < 1.29 is 32.6 Å². The van der Waals surface area contributed by atoms with Crippen molar-refractivity contribution in [3.05, 3.63) is 82.4 Å². The number of carbonyl (C=O) groups is 2. The fourth-order valence-electron chi connectivity index (χ4n) is 5.37. The molecule has 1 amide bonds. The zero-order valence-electron chi connectivity index (χ0n) is 24.5. The van der Waals surface area contributed by atoms with Gasteiger partial charge in [-0.15, -0.1) is 0 Å². The van der Waals surface area contributed by atoms with E-state index < -0.39 is 28.1 Å². The minimum absolute atomic E-state index is 0.0268. The number of fused-ring (bicyclic) bond motifs is 3. The molecule has 1 atom stereocenters. The Hall–Kier alpha value is -4.58. The van der Waals surface area contributed by atoms with E-state index in [1.54, 1.807) is 20.8 Å². The minimum atomic E-state index is -4.02. The molecule has 5 N–H and O–H groups in total. The summed E-state index contributed by atoms with van der Waals surface area (Å²) in [6.07, 6.45) is -0.604. The number of aliphatic imine (C=N–C) groups is 1. The van der Waals surface area contributed by atoms with Gasteiger partial charge in [0.05, 0.1) is 12.0 Å². The number of hydrogen-bond donors (Lipinski definition) is 4. The Labute approximate surface area is 251 Å². The molecule has 0 saturated heterocycles. The second-order valence-corrected chi connectivity index (χ2v) is 12.0. The summed E-state index contributed by atoms with van der Waals surface area (Å²) in [7, 11) is -2.50. The topological polar surface area (TPSA) is 169 Å². The number of ether oxygens (including phenoxy) is 2. The van der Waals surface area contributed by atoms with Gasteiger partial charge in [0.1, 0.15) is 18.4 Å². The summed E-state index contributed by atoms with van der Waals surface area (Å²) in [5.74, 6) is -1.11. The molecule has 0 radical (unpaired) electrons. The fraction of sp³-hybridized carbons (Fsp3) is 0.323. The van der Waals surface area contributed by atoms with Gasteiger partial charge in [-0.3, -0.25) is 4.99 Å². The lowest BCUT2D eigenvalue weighted by atomic mass is 9.98. The molecule has 0 fully saturated rings. The standard InChI is InChI=1S/C31H36N4O7S/c1-18-16-27(19(2)20(3)28(18)41-4)43(39,40)35-30(32)33-15-9-14-26(29(36)37)34-31(38)42-17-25-23-12-7-5-10-21(23)22-11-6-8-13-24(22)25/h5-8,10-13,16,25-26H,9,14-15,17H2,1-4H3,(H,34,38)(H,36,37)(H3,32,33,35)/t26-/m0/s1. The number of guanidine groups is 1. The Morgan fingerprint density at radius 3 is 2.21 bits per heavy atom. The highest BCUT2D eigenvalue weighted by Gasteiger charge is 2.30. The van der Waals surface area contributed by atoms with Crippen LogP contribution in [0.3, 0.4) is 0 Å². The number of nitrogens with two attached hydrogens (primary N) is 1. The van der Waals surface area contributed by atoms with Crippen LogP contribution >= 0.6 is 0 Å². The summed E-state index contributed by atoms with van der Waals surface area (Å²) in [6, 6.07) is 16.1. The molecule has 0 aromatic heterocycles. The molecule has 0 bridgehead atoms. The van der Waals surface area contributed by atoms with Gasteiger partial charge in [-0.2, -0.15) is 0 Å². The Kier molecular flexibility index (Phi) is 9.59. The van der Waals surface area contributed by atoms with Gasteiger partial charge in [-0.1, -0.05) is 48.5 Å². The number of methoxy groups -OCH3 is 1. The first-order valence-corrected chi connectivity index (χ1v) is 15.2. The number of nitrogens with zero attached hydrogens (tertiary/aromatic N) is 1. The van der Waals surface area contributed by atoms with Crippen molar-refractivity contribution in [2.24, 2.45) is 10.7 Å². The van der Waals surface area contributed by atoms with Crippen LogP contribution in [0.15, 0.2) is 64.5 Å². The van der Waals surface area contributed by atoms with Crippen molar-refractivity contribution in [1.29, 1.82) is 0 Å². The molecule has 0 aliphatic heterocycles. The van der Waals surface area contributed by atoms with Gasteiger partial charge in [0.25, 0.3) is 10.0 Å². The van der Waals surface area contributed by atoms with E-state index in [0.29, 0.717) is 22.4 Å². The van der Waals surface area contributed by atoms with E-state index in [4.69, 9.17) is 15.2 Å². The van der Waals surface area contributed by atoms with Crippen LogP contribution in [0.2, 0.25) is 0 Å². The number of rotatable bonds is 11. The molecule has 0 saturated carbocycles. The maximum absolute atomic E-state index is 13.0. The van der Waals surface area contributed by atoms with E-state index in [1.165, 1.54) is 13.2 Å². The van der Waals surface area contributed by atoms with E-state index >= 15 is 0 Å². The summed E-state index contributed by atoms with van der Waals surface area (Å²) in [6.45, 7) is 5.28. The van der Waals surface area contributed by atoms with Crippen LogP contribution in [0.1, 0.15) is 46.6 Å². The third kappa shape index (κ3) is 6.91. The summed E-state index contributed by atoms with van der Waals surface area (Å²) < 4.78 is 39.0. The molecule has 0 unspecified atom stereocenters. The van der Waals surface area contributed by atoms with Crippen LogP contribution in [0, 0.1) is 20.8 Å². The number of sulfonamides is 1. The number of amides is 1. The zero-order valence-corrected chi connectivity index (χ0v) is 25.3. The number of aryl methyl sites for hydroxylation is 1. The first kappa shape index (κ1) is 31.4. The predicted molar refractivity (Wildman–Crippen MR) is 163 cm³/mol. The van der Waals surface area contributed by atoms with Crippen molar-refractivity contribution in [2.45, 2.75) is 50.5 Å². The van der Waals surface area contributed by atoms with Crippen molar-refractivity contribution in [3.8, 4) is 16.9 Å². The van der Waals surface area contributed by atoms with Crippen LogP contribution in [-0.4, -0.2) is 57.8 Å². The van der Waals surface area contributed by atoms with Crippen LogP contribution in [-0.2, 0) is 19.6 Å². The molecule has 0 heterocycles. The first-order chi connectivity index (χ1) is 20.4. The van der Waals surface area contributed by atoms with Gasteiger partial charge < -0.3 is 25.6 Å². The van der Waals surface area contributed by atoms with Crippen LogP contribution in [0.5, 0.6) is 5.75 Å². The van der Waals surface area contributed by atoms with Gasteiger partial charge in [-0.05, 0) is 78.6 Å². The molecular formula is C31H36N4O7S. The van der Waals surface area contributed by atoms with E-state index in [-0.39, 0.29) is 42.8 Å². The second kappa shape index (κ2) is 13.2. The second-order valence-electron chi connectivity index (χ2n) is 10.4. The Morgan fingerprint density at radius 2 is 1.63 bits per heavy atom. The maximum atomic E-state index is 13.0. The van der Waals surface area contributed by atoms with Gasteiger partial charge in [0.2, 0.25) is 5.96 Å². The quantitative estimate of drug-likeness (QED) is 0.144. The molecule has 1 aliphatic rings. The fourth-order valence-corrected chi connectivity index (χ4v) is 6.71. The normalized spacial score (nSPS) is 13.5. The highest BCUT2D eigenvalue weighted by Crippen LogP contribution is 2.44. The first-order valence-electron chi connectivity index (χ1n) is 13.8. The zero-order chi connectivity index (χ0) is 31.3. The van der Waals surface area contributed by atoms with Crippen molar-refractivity contribution in [1.82, 2.24) is 10.0 Å². The third-order valence-corrected chi connectivity index (χ3v) is 9.06. The van der Waals surface area contributed by atoms with E-state index in [0.717, 1.165) is 22.3 Å². The lowest BCUT2D eigenvalue weighted by Gasteiger charge is -2.17. The molecule has 12 heteroatoms. The molecule has 43 heavy (non-hydrogen) atoms. The van der Waals surface area contributed by atoms with Gasteiger partial charge >= 0.3 is 12.1 Å². The smallest absolute Gasteiger partial charge is 0.407 e. The monoisotopic (exact) mass is 608 g/mol. The van der Waals surface area contributed by atoms with Gasteiger partial charge in [-0.25, -0.2) is 22.7 Å². The van der Waals surface area contributed by atoms with Crippen LogP contribution in [0.25, 0.3) is 11.1 Å². The van der Waals surface area contributed by atoms with Crippen LogP contribution < -0.4 is 20.5 Å². The number of carbonyl (C=O) groups excluding carboxylic acids is 1. The number of aliphatic carboxylic acids is 1. The average Bonchev–Trinajstić information content (AvgIpc) is 3.29. The SMILES string of the molecule is COc1c(C)cc(S(=O)(=O)NC(N)=NCCC[C@H](NC(=O)OCC2c3ccccc3-c3ccccc32)C(=O)O)c(C)c1C. The molecule has 3 aromatic carbocycles. The third-order valence-electron chi connectivity index (χ3n) is 7.58. The number of nitrogens with one attached hydrogen (secondary N) is 2. The van der Waals surface area contributed by atoms with Crippen molar-refractivity contribution in [3.63, 3.8) is 0 Å². The number of alkyl carbamates (subject to hydrolysis) is 1. The highest BCUT2D eigenvalue weighted by atomic mass is 32.2. The Balaban J connectivity index is 1.30. The number of hydrogen-bond acceptors (Lipinski definition) is 7. The molecule has 11 nitrogen and oxygen atoms in total. The molecule has 228 valence electrons. The summed E-state index contributed by atoms with van der Waals surface area (Å²) in [4.78, 5) is 28.4. The lowest BCUT2D eigenvalue weighted by Crippen LogP contribution is -2.41. The molecule has 3 aromatic rings. The Morgan fingerprint density at radius 1 is 1.02 bits per heavy atom. The molecule has 0 spiro atoms.